The Morgan fingerprint density at radius 1 is 1.41 bits per heavy atom. The van der Waals surface area contributed by atoms with E-state index >= 15 is 0 Å². The molecule has 2 fully saturated rings. The van der Waals surface area contributed by atoms with Gasteiger partial charge in [-0.05, 0) is 31.4 Å². The van der Waals surface area contributed by atoms with Gasteiger partial charge in [0.05, 0.1) is 18.4 Å². The number of aromatic nitrogens is 2. The normalized spacial score (nSPS) is 24.5. The lowest BCUT2D eigenvalue weighted by atomic mass is 9.82. The van der Waals surface area contributed by atoms with E-state index in [4.69, 9.17) is 4.74 Å². The molecule has 1 saturated carbocycles. The molecule has 2 aliphatic rings. The van der Waals surface area contributed by atoms with Gasteiger partial charge in [0.25, 0.3) is 0 Å². The zero-order valence-electron chi connectivity index (χ0n) is 15.1. The summed E-state index contributed by atoms with van der Waals surface area (Å²) >= 11 is 1.62. The van der Waals surface area contributed by atoms with Crippen LogP contribution in [0, 0.1) is 5.92 Å². The van der Waals surface area contributed by atoms with E-state index in [0.29, 0.717) is 12.6 Å². The number of nitrogens with zero attached hydrogens (tertiary/aromatic N) is 2. The number of ether oxygens (including phenoxy) is 1. The van der Waals surface area contributed by atoms with E-state index in [2.05, 4.69) is 26.0 Å². The number of nitrogens with one attached hydrogen (secondary N) is 2. The molecule has 2 N–H and O–H groups in total. The van der Waals surface area contributed by atoms with Crippen molar-refractivity contribution in [2.24, 2.45) is 5.92 Å². The minimum atomic E-state index is 0. The second-order valence-corrected chi connectivity index (χ2v) is 7.76. The van der Waals surface area contributed by atoms with Gasteiger partial charge < -0.3 is 15.4 Å². The number of morpholine rings is 1. The Hall–Kier alpha value is -1.54. The molecule has 146 valence electrons. The van der Waals surface area contributed by atoms with Crippen LogP contribution in [-0.4, -0.2) is 47.7 Å². The minimum absolute atomic E-state index is 0. The highest BCUT2D eigenvalue weighted by Gasteiger charge is 2.35. The van der Waals surface area contributed by atoms with Crippen LogP contribution < -0.4 is 10.6 Å². The van der Waals surface area contributed by atoms with Gasteiger partial charge in [-0.25, -0.2) is 4.98 Å². The lowest BCUT2D eigenvalue weighted by molar-refractivity contribution is -0.128. The lowest BCUT2D eigenvalue weighted by Gasteiger charge is -2.39. The van der Waals surface area contributed by atoms with Crippen LogP contribution in [0.4, 0.5) is 0 Å². The number of carbonyl (C=O) groups is 1. The highest BCUT2D eigenvalue weighted by atomic mass is 35.5. The maximum Gasteiger partial charge on any atom is 0.223 e. The van der Waals surface area contributed by atoms with Crippen LogP contribution in [0.25, 0.3) is 10.6 Å². The van der Waals surface area contributed by atoms with Gasteiger partial charge >= 0.3 is 0 Å². The number of thiazole rings is 1. The Morgan fingerprint density at radius 3 is 3.19 bits per heavy atom. The maximum absolute atomic E-state index is 12.5. The molecule has 1 aliphatic heterocycles. The van der Waals surface area contributed by atoms with Crippen molar-refractivity contribution in [1.82, 2.24) is 20.6 Å². The van der Waals surface area contributed by atoms with Gasteiger partial charge in [-0.3, -0.25) is 9.78 Å². The standard InChI is InChI=1S/C19H24N4O2S.ClH/c24-18(13-3-4-17-16(10-13)21-8-9-25-17)22-7-5-15-12-26-19(23-15)14-2-1-6-20-11-14;/h1-2,6,11-13,16-17,21H,3-5,7-10H2,(H,22,24);1H/t13-,16+,17+;/m0./s1. The van der Waals surface area contributed by atoms with Crippen LogP contribution in [0.15, 0.2) is 29.9 Å². The molecule has 1 amide bonds. The highest BCUT2D eigenvalue weighted by molar-refractivity contribution is 7.13. The predicted octanol–water partition coefficient (Wildman–Crippen LogP) is 2.44. The third-order valence-corrected chi connectivity index (χ3v) is 6.08. The van der Waals surface area contributed by atoms with Gasteiger partial charge in [0.1, 0.15) is 5.01 Å². The predicted molar refractivity (Wildman–Crippen MR) is 108 cm³/mol. The van der Waals surface area contributed by atoms with Gasteiger partial charge in [0.15, 0.2) is 0 Å². The second-order valence-electron chi connectivity index (χ2n) is 6.91. The minimum Gasteiger partial charge on any atom is -0.375 e. The van der Waals surface area contributed by atoms with Gasteiger partial charge in [0, 0.05) is 54.8 Å². The molecule has 6 nitrogen and oxygen atoms in total. The SMILES string of the molecule is Cl.O=C(NCCc1csc(-c2cccnc2)n1)[C@H]1CC[C@H]2OCCN[C@@H]2C1. The first-order valence-corrected chi connectivity index (χ1v) is 10.1. The van der Waals surface area contributed by atoms with E-state index < -0.39 is 0 Å². The Bertz CT molecular complexity index is 742. The van der Waals surface area contributed by atoms with Crippen molar-refractivity contribution in [3.8, 4) is 10.6 Å². The third kappa shape index (κ3) is 5.04. The topological polar surface area (TPSA) is 76.1 Å². The van der Waals surface area contributed by atoms with E-state index in [1.165, 1.54) is 0 Å². The largest absolute Gasteiger partial charge is 0.375 e. The molecule has 0 spiro atoms. The summed E-state index contributed by atoms with van der Waals surface area (Å²) in [6.07, 6.45) is 7.38. The molecular weight excluding hydrogens is 384 g/mol. The first-order chi connectivity index (χ1) is 12.8. The number of carbonyl (C=O) groups excluding carboxylic acids is 1. The van der Waals surface area contributed by atoms with E-state index in [-0.39, 0.29) is 30.3 Å². The number of rotatable bonds is 5. The van der Waals surface area contributed by atoms with Gasteiger partial charge in [0.2, 0.25) is 5.91 Å². The smallest absolute Gasteiger partial charge is 0.223 e. The first kappa shape index (κ1) is 20.2. The summed E-state index contributed by atoms with van der Waals surface area (Å²) in [5, 5.41) is 9.61. The molecule has 3 atom stereocenters. The molecule has 2 aromatic rings. The molecular formula is C19H25ClN4O2S. The molecule has 8 heteroatoms. The number of pyridine rings is 1. The van der Waals surface area contributed by atoms with E-state index in [0.717, 1.165) is 55.1 Å². The van der Waals surface area contributed by atoms with Crippen LogP contribution in [0.1, 0.15) is 25.0 Å². The van der Waals surface area contributed by atoms with Gasteiger partial charge in [-0.15, -0.1) is 23.7 Å². The lowest BCUT2D eigenvalue weighted by Crippen LogP contribution is -2.53. The van der Waals surface area contributed by atoms with Gasteiger partial charge in [-0.2, -0.15) is 0 Å². The fraction of sp³-hybridized carbons (Fsp3) is 0.526. The van der Waals surface area contributed by atoms with Gasteiger partial charge in [-0.1, -0.05) is 0 Å². The summed E-state index contributed by atoms with van der Waals surface area (Å²) in [6.45, 7) is 2.30. The third-order valence-electron chi connectivity index (χ3n) is 5.14. The zero-order chi connectivity index (χ0) is 17.8. The number of fused-ring (bicyclic) bond motifs is 1. The molecule has 1 saturated heterocycles. The Morgan fingerprint density at radius 2 is 2.33 bits per heavy atom. The molecule has 3 heterocycles. The summed E-state index contributed by atoms with van der Waals surface area (Å²) in [7, 11) is 0. The van der Waals surface area contributed by atoms with E-state index in [1.807, 2.05) is 18.3 Å². The number of amides is 1. The molecule has 27 heavy (non-hydrogen) atoms. The fourth-order valence-corrected chi connectivity index (χ4v) is 4.60. The number of halogens is 1. The first-order valence-electron chi connectivity index (χ1n) is 9.27. The summed E-state index contributed by atoms with van der Waals surface area (Å²) in [6, 6.07) is 4.25. The second kappa shape index (κ2) is 9.59. The molecule has 1 aliphatic carbocycles. The number of hydrogen-bond donors (Lipinski definition) is 2. The summed E-state index contributed by atoms with van der Waals surface area (Å²) < 4.78 is 5.78. The summed E-state index contributed by atoms with van der Waals surface area (Å²) in [5.41, 5.74) is 2.05. The van der Waals surface area contributed by atoms with Crippen molar-refractivity contribution in [3.63, 3.8) is 0 Å². The Labute approximate surface area is 169 Å². The van der Waals surface area contributed by atoms with Crippen LogP contribution in [0.2, 0.25) is 0 Å². The molecule has 0 radical (unpaired) electrons. The quantitative estimate of drug-likeness (QED) is 0.794. The monoisotopic (exact) mass is 408 g/mol. The highest BCUT2D eigenvalue weighted by Crippen LogP contribution is 2.28. The average molecular weight is 409 g/mol. The molecule has 4 rings (SSSR count). The zero-order valence-corrected chi connectivity index (χ0v) is 16.7. The molecule has 0 aromatic carbocycles. The average Bonchev–Trinajstić information content (AvgIpc) is 3.17. The van der Waals surface area contributed by atoms with Crippen LogP contribution in [0.3, 0.4) is 0 Å². The van der Waals surface area contributed by atoms with E-state index in [9.17, 15) is 4.79 Å². The maximum atomic E-state index is 12.5. The van der Waals surface area contributed by atoms with Crippen molar-refractivity contribution in [3.05, 3.63) is 35.6 Å². The van der Waals surface area contributed by atoms with Crippen molar-refractivity contribution in [1.29, 1.82) is 0 Å². The fourth-order valence-electron chi connectivity index (χ4n) is 3.75. The number of hydrogen-bond acceptors (Lipinski definition) is 6. The summed E-state index contributed by atoms with van der Waals surface area (Å²) in [5.74, 6) is 0.255. The summed E-state index contributed by atoms with van der Waals surface area (Å²) in [4.78, 5) is 21.3. The molecule has 2 aromatic heterocycles. The Balaban J connectivity index is 0.00000210. The van der Waals surface area contributed by atoms with Crippen LogP contribution >= 0.6 is 23.7 Å². The van der Waals surface area contributed by atoms with Crippen LogP contribution in [0.5, 0.6) is 0 Å². The molecule has 0 unspecified atom stereocenters. The molecule has 0 bridgehead atoms. The van der Waals surface area contributed by atoms with Crippen molar-refractivity contribution < 1.29 is 9.53 Å². The van der Waals surface area contributed by atoms with Crippen molar-refractivity contribution in [2.45, 2.75) is 37.8 Å². The Kier molecular flexibility index (Phi) is 7.18. The van der Waals surface area contributed by atoms with E-state index in [1.54, 1.807) is 17.5 Å². The van der Waals surface area contributed by atoms with Crippen molar-refractivity contribution in [2.75, 3.05) is 19.7 Å². The van der Waals surface area contributed by atoms with Crippen LogP contribution in [-0.2, 0) is 16.0 Å². The van der Waals surface area contributed by atoms with Crippen molar-refractivity contribution >= 4 is 29.7 Å².